The first-order valence-electron chi connectivity index (χ1n) is 11.5. The SMILES string of the molecule is CCN1CCN(CCCNC(=O)c2ccc3nc(N4CCC(C)CC4)sc3c2)CC1. The number of amides is 1. The molecule has 1 N–H and O–H groups in total. The van der Waals surface area contributed by atoms with E-state index in [1.54, 1.807) is 11.3 Å². The Morgan fingerprint density at radius 3 is 2.60 bits per heavy atom. The lowest BCUT2D eigenvalue weighted by molar-refractivity contribution is 0.0948. The molecule has 2 saturated heterocycles. The lowest BCUT2D eigenvalue weighted by Crippen LogP contribution is -2.46. The quantitative estimate of drug-likeness (QED) is 0.685. The Kier molecular flexibility index (Phi) is 7.23. The molecule has 2 aliphatic heterocycles. The molecule has 2 fully saturated rings. The van der Waals surface area contributed by atoms with Crippen LogP contribution in [0.4, 0.5) is 5.13 Å². The number of carbonyl (C=O) groups excluding carboxylic acids is 1. The third kappa shape index (κ3) is 5.31. The standard InChI is InChI=1S/C23H35N5OS/c1-3-26-13-15-27(16-14-26)10-4-9-24-22(29)19-5-6-20-21(17-19)30-23(25-20)28-11-7-18(2)8-12-28/h5-6,17-18H,3-4,7-16H2,1-2H3,(H,24,29). The van der Waals surface area contributed by atoms with E-state index in [4.69, 9.17) is 4.98 Å². The van der Waals surface area contributed by atoms with Crippen molar-refractivity contribution < 1.29 is 4.79 Å². The van der Waals surface area contributed by atoms with Gasteiger partial charge in [0.1, 0.15) is 0 Å². The summed E-state index contributed by atoms with van der Waals surface area (Å²) < 4.78 is 1.10. The van der Waals surface area contributed by atoms with Crippen molar-refractivity contribution in [1.29, 1.82) is 0 Å². The number of piperidine rings is 1. The smallest absolute Gasteiger partial charge is 0.251 e. The first-order valence-corrected chi connectivity index (χ1v) is 12.3. The normalized spacial score (nSPS) is 19.5. The number of carbonyl (C=O) groups is 1. The molecule has 1 aromatic heterocycles. The Balaban J connectivity index is 1.26. The molecule has 0 saturated carbocycles. The third-order valence-electron chi connectivity index (χ3n) is 6.54. The van der Waals surface area contributed by atoms with Gasteiger partial charge in [-0.05, 0) is 56.5 Å². The summed E-state index contributed by atoms with van der Waals surface area (Å²) in [6.45, 7) is 14.3. The van der Waals surface area contributed by atoms with E-state index in [0.29, 0.717) is 0 Å². The fourth-order valence-corrected chi connectivity index (χ4v) is 5.38. The Hall–Kier alpha value is -1.70. The van der Waals surface area contributed by atoms with Crippen molar-refractivity contribution in [3.8, 4) is 0 Å². The highest BCUT2D eigenvalue weighted by Crippen LogP contribution is 2.32. The second-order valence-corrected chi connectivity index (χ2v) is 9.74. The van der Waals surface area contributed by atoms with Crippen molar-refractivity contribution in [2.24, 2.45) is 5.92 Å². The molecule has 7 heteroatoms. The molecule has 0 aliphatic carbocycles. The van der Waals surface area contributed by atoms with Crippen molar-refractivity contribution >= 4 is 32.6 Å². The van der Waals surface area contributed by atoms with Crippen LogP contribution in [0.1, 0.15) is 43.5 Å². The Bertz CT molecular complexity index is 837. The van der Waals surface area contributed by atoms with E-state index < -0.39 is 0 Å². The minimum Gasteiger partial charge on any atom is -0.352 e. The van der Waals surface area contributed by atoms with E-state index in [2.05, 4.69) is 33.9 Å². The predicted octanol–water partition coefficient (Wildman–Crippen LogP) is 3.29. The number of thiazole rings is 1. The number of anilines is 1. The molecule has 6 nitrogen and oxygen atoms in total. The van der Waals surface area contributed by atoms with Gasteiger partial charge in [-0.25, -0.2) is 4.98 Å². The van der Waals surface area contributed by atoms with Crippen molar-refractivity contribution in [1.82, 2.24) is 20.1 Å². The molecule has 0 atom stereocenters. The average molecular weight is 430 g/mol. The van der Waals surface area contributed by atoms with Crippen molar-refractivity contribution in [3.05, 3.63) is 23.8 Å². The number of hydrogen-bond donors (Lipinski definition) is 1. The van der Waals surface area contributed by atoms with Crippen LogP contribution < -0.4 is 10.2 Å². The number of fused-ring (bicyclic) bond motifs is 1. The average Bonchev–Trinajstić information content (AvgIpc) is 3.21. The number of piperazine rings is 1. The first-order chi connectivity index (χ1) is 14.6. The maximum atomic E-state index is 12.6. The van der Waals surface area contributed by atoms with Crippen LogP contribution >= 0.6 is 11.3 Å². The number of nitrogens with zero attached hydrogens (tertiary/aromatic N) is 4. The second-order valence-electron chi connectivity index (χ2n) is 8.73. The molecule has 0 unspecified atom stereocenters. The lowest BCUT2D eigenvalue weighted by Gasteiger charge is -2.33. The van der Waals surface area contributed by atoms with E-state index in [1.165, 1.54) is 12.8 Å². The minimum absolute atomic E-state index is 0.0226. The summed E-state index contributed by atoms with van der Waals surface area (Å²) in [5.41, 5.74) is 1.73. The van der Waals surface area contributed by atoms with Crippen LogP contribution in [0.25, 0.3) is 10.2 Å². The number of likely N-dealkylation sites (N-methyl/N-ethyl adjacent to an activating group) is 1. The summed E-state index contributed by atoms with van der Waals surface area (Å²) in [5, 5.41) is 4.19. The van der Waals surface area contributed by atoms with E-state index in [1.807, 2.05) is 18.2 Å². The molecule has 3 heterocycles. The zero-order valence-corrected chi connectivity index (χ0v) is 19.2. The van der Waals surface area contributed by atoms with Gasteiger partial charge in [-0.2, -0.15) is 0 Å². The fourth-order valence-electron chi connectivity index (χ4n) is 4.32. The highest BCUT2D eigenvalue weighted by atomic mass is 32.1. The van der Waals surface area contributed by atoms with Gasteiger partial charge >= 0.3 is 0 Å². The Morgan fingerprint density at radius 1 is 1.13 bits per heavy atom. The van der Waals surface area contributed by atoms with Crippen LogP contribution in [0, 0.1) is 5.92 Å². The summed E-state index contributed by atoms with van der Waals surface area (Å²) in [6, 6.07) is 5.90. The van der Waals surface area contributed by atoms with Gasteiger partial charge in [-0.3, -0.25) is 4.79 Å². The molecule has 2 aromatic rings. The van der Waals surface area contributed by atoms with Gasteiger partial charge in [0.25, 0.3) is 5.91 Å². The summed E-state index contributed by atoms with van der Waals surface area (Å²) in [5.74, 6) is 0.835. The Morgan fingerprint density at radius 2 is 1.87 bits per heavy atom. The highest BCUT2D eigenvalue weighted by molar-refractivity contribution is 7.22. The van der Waals surface area contributed by atoms with Gasteiger partial charge in [-0.15, -0.1) is 0 Å². The van der Waals surface area contributed by atoms with Gasteiger partial charge in [0.15, 0.2) is 5.13 Å². The number of benzene rings is 1. The van der Waals surface area contributed by atoms with Crippen LogP contribution in [-0.4, -0.2) is 79.6 Å². The van der Waals surface area contributed by atoms with Crippen molar-refractivity contribution in [2.75, 3.05) is 63.8 Å². The molecule has 164 valence electrons. The molecule has 30 heavy (non-hydrogen) atoms. The Labute approximate surface area is 184 Å². The molecule has 2 aliphatic rings. The predicted molar refractivity (Wildman–Crippen MR) is 126 cm³/mol. The van der Waals surface area contributed by atoms with E-state index in [0.717, 1.165) is 92.2 Å². The number of rotatable bonds is 7. The van der Waals surface area contributed by atoms with Crippen LogP contribution in [0.15, 0.2) is 18.2 Å². The van der Waals surface area contributed by atoms with Gasteiger partial charge in [0, 0.05) is 51.4 Å². The summed E-state index contributed by atoms with van der Waals surface area (Å²) >= 11 is 1.71. The fraction of sp³-hybridized carbons (Fsp3) is 0.652. The van der Waals surface area contributed by atoms with Gasteiger partial charge in [0.2, 0.25) is 0 Å². The maximum Gasteiger partial charge on any atom is 0.251 e. The van der Waals surface area contributed by atoms with Crippen LogP contribution in [-0.2, 0) is 0 Å². The molecule has 0 bridgehead atoms. The van der Waals surface area contributed by atoms with Crippen molar-refractivity contribution in [3.63, 3.8) is 0 Å². The molecule has 0 radical (unpaired) electrons. The van der Waals surface area contributed by atoms with E-state index in [-0.39, 0.29) is 5.91 Å². The van der Waals surface area contributed by atoms with Crippen LogP contribution in [0.3, 0.4) is 0 Å². The summed E-state index contributed by atoms with van der Waals surface area (Å²) in [7, 11) is 0. The monoisotopic (exact) mass is 429 g/mol. The van der Waals surface area contributed by atoms with Gasteiger partial charge in [-0.1, -0.05) is 25.2 Å². The molecular weight excluding hydrogens is 394 g/mol. The zero-order valence-electron chi connectivity index (χ0n) is 18.4. The highest BCUT2D eigenvalue weighted by Gasteiger charge is 2.19. The van der Waals surface area contributed by atoms with Gasteiger partial charge in [0.05, 0.1) is 10.2 Å². The summed E-state index contributed by atoms with van der Waals surface area (Å²) in [4.78, 5) is 24.8. The van der Waals surface area contributed by atoms with E-state index in [9.17, 15) is 4.79 Å². The second kappa shape index (κ2) is 10.1. The van der Waals surface area contributed by atoms with Crippen LogP contribution in [0.5, 0.6) is 0 Å². The summed E-state index contributed by atoms with van der Waals surface area (Å²) in [6.07, 6.45) is 3.47. The van der Waals surface area contributed by atoms with Gasteiger partial charge < -0.3 is 20.0 Å². The molecule has 1 amide bonds. The molecule has 4 rings (SSSR count). The first kappa shape index (κ1) is 21.5. The third-order valence-corrected chi connectivity index (χ3v) is 7.62. The van der Waals surface area contributed by atoms with Crippen LogP contribution in [0.2, 0.25) is 0 Å². The minimum atomic E-state index is 0.0226. The number of aromatic nitrogens is 1. The number of hydrogen-bond acceptors (Lipinski definition) is 6. The molecule has 1 aromatic carbocycles. The topological polar surface area (TPSA) is 51.7 Å². The molecular formula is C23H35N5OS. The van der Waals surface area contributed by atoms with E-state index >= 15 is 0 Å². The lowest BCUT2D eigenvalue weighted by atomic mass is 10.00. The number of nitrogens with one attached hydrogen (secondary N) is 1. The zero-order chi connectivity index (χ0) is 20.9. The maximum absolute atomic E-state index is 12.6. The largest absolute Gasteiger partial charge is 0.352 e. The van der Waals surface area contributed by atoms with Crippen molar-refractivity contribution in [2.45, 2.75) is 33.1 Å². The molecule has 0 spiro atoms.